The first kappa shape index (κ1) is 15.6. The zero-order valence-electron chi connectivity index (χ0n) is 11.6. The highest BCUT2D eigenvalue weighted by Crippen LogP contribution is 2.40. The molecule has 0 unspecified atom stereocenters. The number of hydrogen-bond acceptors (Lipinski definition) is 2. The van der Waals surface area contributed by atoms with Crippen LogP contribution in [0.3, 0.4) is 0 Å². The molecule has 0 saturated carbocycles. The summed E-state index contributed by atoms with van der Waals surface area (Å²) < 4.78 is 0. The van der Waals surface area contributed by atoms with Crippen molar-refractivity contribution < 1.29 is 0 Å². The Balaban J connectivity index is 2.39. The van der Waals surface area contributed by atoms with Crippen molar-refractivity contribution in [2.45, 2.75) is 19.8 Å². The fraction of sp³-hybridized carbons (Fsp3) is 0.294. The third kappa shape index (κ3) is 3.30. The van der Waals surface area contributed by atoms with Gasteiger partial charge in [0, 0.05) is 22.0 Å². The SMILES string of the molecule is C[C@@H]1C=C(Cl)C(C(C#N)(C#N)Cc2ccc(Cl)cc2)=CC1. The number of rotatable bonds is 3. The van der Waals surface area contributed by atoms with E-state index in [1.54, 1.807) is 12.1 Å². The molecule has 21 heavy (non-hydrogen) atoms. The second kappa shape index (κ2) is 6.35. The largest absolute Gasteiger partial charge is 0.196 e. The second-order valence-electron chi connectivity index (χ2n) is 5.28. The van der Waals surface area contributed by atoms with E-state index in [9.17, 15) is 10.5 Å². The summed E-state index contributed by atoms with van der Waals surface area (Å²) in [6.07, 6.45) is 4.90. The van der Waals surface area contributed by atoms with Crippen LogP contribution < -0.4 is 0 Å². The van der Waals surface area contributed by atoms with Gasteiger partial charge in [-0.2, -0.15) is 10.5 Å². The predicted octanol–water partition coefficient (Wildman–Crippen LogP) is 5.00. The summed E-state index contributed by atoms with van der Waals surface area (Å²) >= 11 is 12.1. The highest BCUT2D eigenvalue weighted by Gasteiger charge is 2.37. The van der Waals surface area contributed by atoms with Gasteiger partial charge in [-0.05, 0) is 30.0 Å². The van der Waals surface area contributed by atoms with E-state index >= 15 is 0 Å². The van der Waals surface area contributed by atoms with E-state index in [1.807, 2.05) is 24.3 Å². The Bertz CT molecular complexity index is 658. The standard InChI is InChI=1S/C17H14Cl2N2/c1-12-2-7-15(16(19)8-12)17(10-20,11-21)9-13-3-5-14(18)6-4-13/h3-8,12H,2,9H2,1H3/t12-/m0/s1. The maximum absolute atomic E-state index is 9.60. The average molecular weight is 317 g/mol. The van der Waals surface area contributed by atoms with E-state index in [-0.39, 0.29) is 0 Å². The molecule has 0 aromatic heterocycles. The molecule has 0 fully saturated rings. The van der Waals surface area contributed by atoms with E-state index in [0.29, 0.717) is 28.0 Å². The lowest BCUT2D eigenvalue weighted by Crippen LogP contribution is -2.24. The van der Waals surface area contributed by atoms with Gasteiger partial charge in [-0.1, -0.05) is 54.4 Å². The summed E-state index contributed by atoms with van der Waals surface area (Å²) in [4.78, 5) is 0. The van der Waals surface area contributed by atoms with Gasteiger partial charge < -0.3 is 0 Å². The van der Waals surface area contributed by atoms with Gasteiger partial charge in [0.15, 0.2) is 5.41 Å². The lowest BCUT2D eigenvalue weighted by Gasteiger charge is -2.26. The van der Waals surface area contributed by atoms with Gasteiger partial charge in [0.05, 0.1) is 12.1 Å². The average Bonchev–Trinajstić information content (AvgIpc) is 2.47. The van der Waals surface area contributed by atoms with Crippen molar-refractivity contribution in [2.75, 3.05) is 0 Å². The van der Waals surface area contributed by atoms with Gasteiger partial charge in [0.25, 0.3) is 0 Å². The molecule has 0 heterocycles. The Hall–Kier alpha value is -1.74. The minimum absolute atomic E-state index is 0.293. The van der Waals surface area contributed by atoms with Gasteiger partial charge in [-0.3, -0.25) is 0 Å². The topological polar surface area (TPSA) is 47.6 Å². The minimum Gasteiger partial charge on any atom is -0.196 e. The number of halogens is 2. The van der Waals surface area contributed by atoms with Crippen LogP contribution in [0.4, 0.5) is 0 Å². The van der Waals surface area contributed by atoms with Gasteiger partial charge in [-0.15, -0.1) is 0 Å². The quantitative estimate of drug-likeness (QED) is 0.787. The van der Waals surface area contributed by atoms with Crippen molar-refractivity contribution in [3.63, 3.8) is 0 Å². The van der Waals surface area contributed by atoms with Crippen molar-refractivity contribution in [2.24, 2.45) is 11.3 Å². The summed E-state index contributed by atoms with van der Waals surface area (Å²) in [5, 5.41) is 20.3. The molecule has 0 N–H and O–H groups in total. The Labute approximate surface area is 134 Å². The first-order chi connectivity index (χ1) is 10.0. The lowest BCUT2D eigenvalue weighted by atomic mass is 9.75. The molecule has 0 saturated heterocycles. The van der Waals surface area contributed by atoms with Gasteiger partial charge in [0.1, 0.15) is 0 Å². The highest BCUT2D eigenvalue weighted by molar-refractivity contribution is 6.32. The van der Waals surface area contributed by atoms with Crippen LogP contribution in [0, 0.1) is 34.0 Å². The van der Waals surface area contributed by atoms with E-state index in [0.717, 1.165) is 12.0 Å². The number of nitriles is 2. The number of allylic oxidation sites excluding steroid dienone is 4. The van der Waals surface area contributed by atoms with Gasteiger partial charge >= 0.3 is 0 Å². The maximum atomic E-state index is 9.60. The van der Waals surface area contributed by atoms with Crippen molar-refractivity contribution in [1.82, 2.24) is 0 Å². The van der Waals surface area contributed by atoms with Gasteiger partial charge in [-0.25, -0.2) is 0 Å². The fourth-order valence-electron chi connectivity index (χ4n) is 2.42. The van der Waals surface area contributed by atoms with Crippen LogP contribution in [0.1, 0.15) is 18.9 Å². The number of benzene rings is 1. The van der Waals surface area contributed by atoms with Crippen LogP contribution in [0.15, 0.2) is 47.0 Å². The molecular formula is C17H14Cl2N2. The predicted molar refractivity (Wildman–Crippen MR) is 84.6 cm³/mol. The zero-order valence-corrected chi connectivity index (χ0v) is 13.1. The van der Waals surface area contributed by atoms with Crippen LogP contribution in [0.25, 0.3) is 0 Å². The summed E-state index contributed by atoms with van der Waals surface area (Å²) in [5.74, 6) is 0.326. The third-order valence-corrected chi connectivity index (χ3v) is 4.19. The summed E-state index contributed by atoms with van der Waals surface area (Å²) in [7, 11) is 0. The van der Waals surface area contributed by atoms with Crippen LogP contribution in [-0.4, -0.2) is 0 Å². The first-order valence-electron chi connectivity index (χ1n) is 6.66. The number of hydrogen-bond donors (Lipinski definition) is 0. The molecule has 0 amide bonds. The minimum atomic E-state index is -1.26. The molecule has 0 radical (unpaired) electrons. The molecule has 0 spiro atoms. The Morgan fingerprint density at radius 3 is 2.33 bits per heavy atom. The van der Waals surface area contributed by atoms with Crippen LogP contribution >= 0.6 is 23.2 Å². The summed E-state index contributed by atoms with van der Waals surface area (Å²) in [5.41, 5.74) is 0.232. The zero-order chi connectivity index (χ0) is 15.5. The van der Waals surface area contributed by atoms with E-state index < -0.39 is 5.41 Å². The highest BCUT2D eigenvalue weighted by atomic mass is 35.5. The van der Waals surface area contributed by atoms with E-state index in [2.05, 4.69) is 19.1 Å². The van der Waals surface area contributed by atoms with E-state index in [4.69, 9.17) is 23.2 Å². The molecule has 0 aliphatic heterocycles. The lowest BCUT2D eigenvalue weighted by molar-refractivity contribution is 0.604. The molecule has 1 aromatic rings. The molecule has 106 valence electrons. The molecule has 2 rings (SSSR count). The summed E-state index contributed by atoms with van der Waals surface area (Å²) in [6.45, 7) is 2.05. The molecule has 1 aliphatic rings. The molecule has 0 bridgehead atoms. The van der Waals surface area contributed by atoms with Crippen molar-refractivity contribution in [1.29, 1.82) is 10.5 Å². The smallest absolute Gasteiger partial charge is 0.173 e. The maximum Gasteiger partial charge on any atom is 0.173 e. The fourth-order valence-corrected chi connectivity index (χ4v) is 2.99. The van der Waals surface area contributed by atoms with Gasteiger partial charge in [0.2, 0.25) is 0 Å². The molecule has 1 atom stereocenters. The van der Waals surface area contributed by atoms with Crippen molar-refractivity contribution in [3.05, 3.63) is 57.6 Å². The van der Waals surface area contributed by atoms with Crippen LogP contribution in [-0.2, 0) is 6.42 Å². The number of nitrogens with zero attached hydrogens (tertiary/aromatic N) is 2. The van der Waals surface area contributed by atoms with Crippen LogP contribution in [0.2, 0.25) is 5.02 Å². The molecular weight excluding hydrogens is 303 g/mol. The monoisotopic (exact) mass is 316 g/mol. The normalized spacial score (nSPS) is 18.2. The Kier molecular flexibility index (Phi) is 4.73. The molecule has 2 nitrogen and oxygen atoms in total. The second-order valence-corrected chi connectivity index (χ2v) is 6.12. The third-order valence-electron chi connectivity index (χ3n) is 3.61. The summed E-state index contributed by atoms with van der Waals surface area (Å²) in [6, 6.07) is 11.5. The molecule has 1 aromatic carbocycles. The van der Waals surface area contributed by atoms with E-state index in [1.165, 1.54) is 0 Å². The Morgan fingerprint density at radius 2 is 1.81 bits per heavy atom. The first-order valence-corrected chi connectivity index (χ1v) is 7.41. The van der Waals surface area contributed by atoms with Crippen molar-refractivity contribution in [3.8, 4) is 12.1 Å². The van der Waals surface area contributed by atoms with Crippen molar-refractivity contribution >= 4 is 23.2 Å². The Morgan fingerprint density at radius 1 is 1.19 bits per heavy atom. The van der Waals surface area contributed by atoms with Crippen LogP contribution in [0.5, 0.6) is 0 Å². The molecule has 1 aliphatic carbocycles. The molecule has 4 heteroatoms.